The molecule has 14 heavy (non-hydrogen) atoms. The third kappa shape index (κ3) is 2.07. The van der Waals surface area contributed by atoms with Crippen LogP contribution in [-0.2, 0) is 4.57 Å². The molecule has 0 aliphatic rings. The fraction of sp³-hybridized carbons (Fsp3) is 0. The van der Waals surface area contributed by atoms with E-state index < -0.39 is 8.25 Å². The molecule has 0 aromatic carbocycles. The van der Waals surface area contributed by atoms with Gasteiger partial charge < -0.3 is 18.1 Å². The largest absolute Gasteiger partial charge is 0.421 e. The van der Waals surface area contributed by atoms with Crippen LogP contribution in [-0.4, -0.2) is 20.7 Å². The van der Waals surface area contributed by atoms with Crippen molar-refractivity contribution < 1.29 is 22.7 Å². The number of hydrogen-bond donors (Lipinski definition) is 0. The standard InChI is InChI=1S/C4H3N4O5P/c9-14(12-3-1-10-7-5-3)13-4-2-11-8-6-4/h1-2,14H. The summed E-state index contributed by atoms with van der Waals surface area (Å²) in [5, 5.41) is 12.9. The van der Waals surface area contributed by atoms with Crippen LogP contribution < -0.4 is 9.05 Å². The lowest BCUT2D eigenvalue weighted by molar-refractivity contribution is 0.391. The molecule has 0 atom stereocenters. The van der Waals surface area contributed by atoms with Gasteiger partial charge in [-0.25, -0.2) is 4.57 Å². The van der Waals surface area contributed by atoms with Gasteiger partial charge in [0.25, 0.3) is 11.8 Å². The lowest BCUT2D eigenvalue weighted by Gasteiger charge is -1.99. The quantitative estimate of drug-likeness (QED) is 0.668. The normalized spacial score (nSPS) is 10.4. The molecule has 0 radical (unpaired) electrons. The molecular formula is C4H3N4O5P. The minimum absolute atomic E-state index is 0.0367. The van der Waals surface area contributed by atoms with E-state index in [1.165, 1.54) is 0 Å². The van der Waals surface area contributed by atoms with Crippen molar-refractivity contribution in [3.05, 3.63) is 12.5 Å². The molecule has 2 aromatic heterocycles. The second-order valence-corrected chi connectivity index (χ2v) is 2.85. The Hall–Kier alpha value is -1.89. The summed E-state index contributed by atoms with van der Waals surface area (Å²) in [7, 11) is -2.81. The Labute approximate surface area is 76.9 Å². The zero-order valence-corrected chi connectivity index (χ0v) is 7.48. The van der Waals surface area contributed by atoms with E-state index in [1.54, 1.807) is 0 Å². The molecule has 2 rings (SSSR count). The van der Waals surface area contributed by atoms with Crippen LogP contribution in [0.4, 0.5) is 0 Å². The van der Waals surface area contributed by atoms with E-state index >= 15 is 0 Å². The average molecular weight is 218 g/mol. The molecule has 0 saturated carbocycles. The molecule has 74 valence electrons. The average Bonchev–Trinajstić information content (AvgIpc) is 2.76. The minimum Gasteiger partial charge on any atom is -0.394 e. The van der Waals surface area contributed by atoms with E-state index in [0.717, 1.165) is 12.5 Å². The molecule has 0 spiro atoms. The summed E-state index contributed by atoms with van der Waals surface area (Å²) >= 11 is 0. The predicted molar refractivity (Wildman–Crippen MR) is 38.9 cm³/mol. The SMILES string of the molecule is O=[PH](Oc1conn1)Oc1conn1. The van der Waals surface area contributed by atoms with Gasteiger partial charge in [-0.3, -0.25) is 0 Å². The highest BCUT2D eigenvalue weighted by Gasteiger charge is 2.08. The summed E-state index contributed by atoms with van der Waals surface area (Å²) in [6, 6.07) is 0. The number of rotatable bonds is 4. The molecule has 0 unspecified atom stereocenters. The van der Waals surface area contributed by atoms with E-state index in [-0.39, 0.29) is 11.8 Å². The van der Waals surface area contributed by atoms with Crippen molar-refractivity contribution in [2.24, 2.45) is 0 Å². The zero-order valence-electron chi connectivity index (χ0n) is 6.48. The third-order valence-corrected chi connectivity index (χ3v) is 1.81. The maximum atomic E-state index is 11.1. The van der Waals surface area contributed by atoms with E-state index in [2.05, 4.69) is 38.8 Å². The maximum Gasteiger partial charge on any atom is 0.421 e. The lowest BCUT2D eigenvalue weighted by Crippen LogP contribution is -1.89. The highest BCUT2D eigenvalue weighted by Crippen LogP contribution is 2.27. The topological polar surface area (TPSA) is 113 Å². The van der Waals surface area contributed by atoms with Crippen LogP contribution >= 0.6 is 8.25 Å². The van der Waals surface area contributed by atoms with E-state index in [4.69, 9.17) is 0 Å². The second-order valence-electron chi connectivity index (χ2n) is 1.94. The van der Waals surface area contributed by atoms with Gasteiger partial charge in [0.05, 0.1) is 0 Å². The van der Waals surface area contributed by atoms with Crippen molar-refractivity contribution in [3.8, 4) is 11.8 Å². The summed E-state index contributed by atoms with van der Waals surface area (Å²) < 4.78 is 29.1. The number of nitrogens with zero attached hydrogens (tertiary/aromatic N) is 4. The molecule has 0 fully saturated rings. The van der Waals surface area contributed by atoms with Crippen molar-refractivity contribution in [3.63, 3.8) is 0 Å². The van der Waals surface area contributed by atoms with Crippen LogP contribution in [0.1, 0.15) is 0 Å². The van der Waals surface area contributed by atoms with Crippen LogP contribution in [0.5, 0.6) is 11.8 Å². The van der Waals surface area contributed by atoms with E-state index in [0.29, 0.717) is 0 Å². The lowest BCUT2D eigenvalue weighted by atomic mass is 10.9. The molecule has 0 bridgehead atoms. The van der Waals surface area contributed by atoms with Gasteiger partial charge in [-0.05, 0) is 0 Å². The summed E-state index contributed by atoms with van der Waals surface area (Å²) in [5.74, 6) is -0.0734. The summed E-state index contributed by atoms with van der Waals surface area (Å²) in [5.41, 5.74) is 0. The summed E-state index contributed by atoms with van der Waals surface area (Å²) in [6.45, 7) is 0. The third-order valence-electron chi connectivity index (χ3n) is 1.06. The van der Waals surface area contributed by atoms with Crippen molar-refractivity contribution >= 4 is 8.25 Å². The minimum atomic E-state index is -2.81. The Bertz CT molecular complexity index is 361. The van der Waals surface area contributed by atoms with E-state index in [9.17, 15) is 4.57 Å². The zero-order chi connectivity index (χ0) is 9.80. The first-order valence-electron chi connectivity index (χ1n) is 3.28. The van der Waals surface area contributed by atoms with Crippen LogP contribution in [0.3, 0.4) is 0 Å². The summed E-state index contributed by atoms with van der Waals surface area (Å²) in [4.78, 5) is 0. The van der Waals surface area contributed by atoms with Crippen molar-refractivity contribution in [1.82, 2.24) is 20.7 Å². The Kier molecular flexibility index (Phi) is 2.41. The molecule has 0 amide bonds. The molecule has 9 nitrogen and oxygen atoms in total. The Morgan fingerprint density at radius 2 is 1.57 bits per heavy atom. The van der Waals surface area contributed by atoms with Gasteiger partial charge in [-0.2, -0.15) is 0 Å². The van der Waals surface area contributed by atoms with Crippen LogP contribution in [0, 0.1) is 0 Å². The Morgan fingerprint density at radius 1 is 1.07 bits per heavy atom. The van der Waals surface area contributed by atoms with Crippen molar-refractivity contribution in [1.29, 1.82) is 0 Å². The molecule has 0 saturated heterocycles. The first-order chi connectivity index (χ1) is 6.84. The second kappa shape index (κ2) is 3.88. The van der Waals surface area contributed by atoms with Gasteiger partial charge in [0.15, 0.2) is 12.5 Å². The first-order valence-corrected chi connectivity index (χ1v) is 4.51. The fourth-order valence-electron chi connectivity index (χ4n) is 0.593. The van der Waals surface area contributed by atoms with Gasteiger partial charge in [0.2, 0.25) is 0 Å². The van der Waals surface area contributed by atoms with Gasteiger partial charge in [-0.1, -0.05) is 10.2 Å². The van der Waals surface area contributed by atoms with Crippen molar-refractivity contribution in [2.45, 2.75) is 0 Å². The molecule has 2 aromatic rings. The smallest absolute Gasteiger partial charge is 0.394 e. The summed E-state index contributed by atoms with van der Waals surface area (Å²) in [6.07, 6.45) is 2.15. The molecule has 0 aliphatic carbocycles. The molecule has 2 heterocycles. The predicted octanol–water partition coefficient (Wildman–Crippen LogP) is 0.300. The Morgan fingerprint density at radius 3 is 1.93 bits per heavy atom. The van der Waals surface area contributed by atoms with Crippen molar-refractivity contribution in [2.75, 3.05) is 0 Å². The van der Waals surface area contributed by atoms with E-state index in [1.807, 2.05) is 0 Å². The van der Waals surface area contributed by atoms with Gasteiger partial charge in [0.1, 0.15) is 0 Å². The monoisotopic (exact) mass is 218 g/mol. The number of aromatic nitrogens is 4. The first kappa shape index (κ1) is 8.70. The van der Waals surface area contributed by atoms with Gasteiger partial charge in [-0.15, -0.1) is 0 Å². The van der Waals surface area contributed by atoms with Crippen LogP contribution in [0.15, 0.2) is 21.6 Å². The number of hydrogen-bond acceptors (Lipinski definition) is 9. The molecule has 0 N–H and O–H groups in total. The van der Waals surface area contributed by atoms with Gasteiger partial charge >= 0.3 is 8.25 Å². The Balaban J connectivity index is 1.91. The molecule has 0 aliphatic heterocycles. The molecular weight excluding hydrogens is 215 g/mol. The van der Waals surface area contributed by atoms with Crippen LogP contribution in [0.2, 0.25) is 0 Å². The molecule has 10 heteroatoms. The maximum absolute atomic E-state index is 11.1. The fourth-order valence-corrected chi connectivity index (χ4v) is 1.15. The van der Waals surface area contributed by atoms with Crippen LogP contribution in [0.25, 0.3) is 0 Å². The van der Waals surface area contributed by atoms with Gasteiger partial charge in [0, 0.05) is 10.5 Å². The highest BCUT2D eigenvalue weighted by molar-refractivity contribution is 7.34. The highest BCUT2D eigenvalue weighted by atomic mass is 31.1.